The first-order chi connectivity index (χ1) is 5.04. The van der Waals surface area contributed by atoms with Gasteiger partial charge >= 0.3 is 0 Å². The quantitative estimate of drug-likeness (QED) is 0.333. The van der Waals surface area contributed by atoms with Gasteiger partial charge in [0.1, 0.15) is 0 Å². The predicted molar refractivity (Wildman–Crippen MR) is 44.6 cm³/mol. The Morgan fingerprint density at radius 2 is 1.82 bits per heavy atom. The number of rotatable bonds is 0. The lowest BCUT2D eigenvalue weighted by atomic mass is 10.1. The van der Waals surface area contributed by atoms with Gasteiger partial charge in [0.15, 0.2) is 6.20 Å². The van der Waals surface area contributed by atoms with Crippen molar-refractivity contribution in [3.8, 4) is 0 Å². The molecule has 3 heteroatoms. The molecule has 1 heterocycles. The molecule has 0 radical (unpaired) electrons. The molecule has 0 bridgehead atoms. The Labute approximate surface area is 71.0 Å². The third kappa shape index (κ3) is 1.31. The van der Waals surface area contributed by atoms with E-state index in [9.17, 15) is 5.21 Å². The lowest BCUT2D eigenvalue weighted by Crippen LogP contribution is -2.29. The Balaban J connectivity index is 3.46. The van der Waals surface area contributed by atoms with Crippen LogP contribution in [0.15, 0.2) is 6.20 Å². The zero-order chi connectivity index (χ0) is 8.59. The van der Waals surface area contributed by atoms with E-state index in [1.807, 2.05) is 20.8 Å². The molecule has 2 nitrogen and oxygen atoms in total. The van der Waals surface area contributed by atoms with Crippen LogP contribution in [0.1, 0.15) is 16.7 Å². The van der Waals surface area contributed by atoms with E-state index >= 15 is 0 Å². The Bertz CT molecular complexity index is 270. The van der Waals surface area contributed by atoms with Gasteiger partial charge in [-0.05, 0) is 37.9 Å². The van der Waals surface area contributed by atoms with Crippen molar-refractivity contribution in [1.29, 1.82) is 0 Å². The average molecular weight is 172 g/mol. The summed E-state index contributed by atoms with van der Waals surface area (Å²) in [4.78, 5) is 0. The molecule has 0 N–H and O–H groups in total. The number of nitrogens with zero attached hydrogens (tertiary/aromatic N) is 1. The lowest BCUT2D eigenvalue weighted by molar-refractivity contribution is -0.603. The minimum absolute atomic E-state index is 0.271. The number of aromatic nitrogens is 1. The van der Waals surface area contributed by atoms with Crippen molar-refractivity contribution >= 4 is 11.6 Å². The van der Waals surface area contributed by atoms with Crippen LogP contribution in [-0.2, 0) is 0 Å². The summed E-state index contributed by atoms with van der Waals surface area (Å²) in [6.45, 7) is 5.70. The fourth-order valence-electron chi connectivity index (χ4n) is 0.945. The summed E-state index contributed by atoms with van der Waals surface area (Å²) in [6, 6.07) is 0. The summed E-state index contributed by atoms with van der Waals surface area (Å²) in [6.07, 6.45) is 1.49. The van der Waals surface area contributed by atoms with Gasteiger partial charge in [-0.2, -0.15) is 4.73 Å². The first-order valence-corrected chi connectivity index (χ1v) is 3.77. The molecule has 0 aliphatic heterocycles. The van der Waals surface area contributed by atoms with E-state index in [2.05, 4.69) is 0 Å². The van der Waals surface area contributed by atoms with E-state index in [0.717, 1.165) is 16.7 Å². The van der Waals surface area contributed by atoms with Crippen LogP contribution in [0.2, 0.25) is 5.15 Å². The molecule has 0 aromatic carbocycles. The summed E-state index contributed by atoms with van der Waals surface area (Å²) in [5.74, 6) is 0. The SMILES string of the molecule is Cc1c[n+]([O-])c(Cl)c(C)c1C. The average Bonchev–Trinajstić information content (AvgIpc) is 1.97. The van der Waals surface area contributed by atoms with Gasteiger partial charge in [-0.25, -0.2) is 0 Å². The smallest absolute Gasteiger partial charge is 0.289 e. The topological polar surface area (TPSA) is 26.9 Å². The molecule has 0 atom stereocenters. The minimum atomic E-state index is 0.271. The fourth-order valence-corrected chi connectivity index (χ4v) is 1.14. The highest BCUT2D eigenvalue weighted by Gasteiger charge is 2.10. The molecule has 0 unspecified atom stereocenters. The number of pyridine rings is 1. The molecule has 0 saturated heterocycles. The fraction of sp³-hybridized carbons (Fsp3) is 0.375. The van der Waals surface area contributed by atoms with E-state index in [1.165, 1.54) is 6.20 Å². The monoisotopic (exact) mass is 171 g/mol. The highest BCUT2D eigenvalue weighted by atomic mass is 35.5. The Morgan fingerprint density at radius 1 is 1.27 bits per heavy atom. The van der Waals surface area contributed by atoms with Crippen molar-refractivity contribution in [2.75, 3.05) is 0 Å². The second-order valence-corrected chi connectivity index (χ2v) is 3.04. The largest absolute Gasteiger partial charge is 0.618 e. The first kappa shape index (κ1) is 8.34. The van der Waals surface area contributed by atoms with Crippen molar-refractivity contribution < 1.29 is 4.73 Å². The molecular formula is C8H10ClNO. The summed E-state index contributed by atoms with van der Waals surface area (Å²) in [5.41, 5.74) is 2.92. The summed E-state index contributed by atoms with van der Waals surface area (Å²) < 4.78 is 0.694. The van der Waals surface area contributed by atoms with Gasteiger partial charge in [-0.1, -0.05) is 0 Å². The molecule has 0 fully saturated rings. The standard InChI is InChI=1S/C8H10ClNO/c1-5-4-10(11)8(9)7(3)6(5)2/h4H,1-3H3. The van der Waals surface area contributed by atoms with Gasteiger partial charge < -0.3 is 5.21 Å². The second-order valence-electron chi connectivity index (χ2n) is 2.68. The van der Waals surface area contributed by atoms with Crippen LogP contribution in [0.3, 0.4) is 0 Å². The van der Waals surface area contributed by atoms with E-state index < -0.39 is 0 Å². The summed E-state index contributed by atoms with van der Waals surface area (Å²) >= 11 is 5.71. The van der Waals surface area contributed by atoms with E-state index in [1.54, 1.807) is 0 Å². The molecule has 1 aromatic rings. The molecule has 0 amide bonds. The zero-order valence-electron chi connectivity index (χ0n) is 6.81. The number of hydrogen-bond acceptors (Lipinski definition) is 1. The van der Waals surface area contributed by atoms with Crippen LogP contribution >= 0.6 is 11.6 Å². The number of aryl methyl sites for hydroxylation is 1. The van der Waals surface area contributed by atoms with Gasteiger partial charge in [-0.15, -0.1) is 0 Å². The van der Waals surface area contributed by atoms with Crippen molar-refractivity contribution in [2.45, 2.75) is 20.8 Å². The van der Waals surface area contributed by atoms with Crippen LogP contribution in [0.4, 0.5) is 0 Å². The first-order valence-electron chi connectivity index (χ1n) is 3.39. The summed E-state index contributed by atoms with van der Waals surface area (Å²) in [5, 5.41) is 11.3. The van der Waals surface area contributed by atoms with Crippen molar-refractivity contribution in [1.82, 2.24) is 0 Å². The molecule has 0 aliphatic carbocycles. The van der Waals surface area contributed by atoms with Gasteiger partial charge in [-0.3, -0.25) is 0 Å². The Morgan fingerprint density at radius 3 is 2.36 bits per heavy atom. The molecule has 0 saturated carbocycles. The normalized spacial score (nSPS) is 10.2. The van der Waals surface area contributed by atoms with Gasteiger partial charge in [0.25, 0.3) is 5.15 Å². The predicted octanol–water partition coefficient (Wildman–Crippen LogP) is 1.90. The highest BCUT2D eigenvalue weighted by molar-refractivity contribution is 6.29. The van der Waals surface area contributed by atoms with Crippen molar-refractivity contribution in [3.63, 3.8) is 0 Å². The lowest BCUT2D eigenvalue weighted by Gasteiger charge is -2.06. The molecule has 1 rings (SSSR count). The van der Waals surface area contributed by atoms with Crippen LogP contribution in [0, 0.1) is 26.0 Å². The molecule has 0 spiro atoms. The number of halogens is 1. The molecule has 60 valence electrons. The maximum absolute atomic E-state index is 11.0. The zero-order valence-corrected chi connectivity index (χ0v) is 7.57. The van der Waals surface area contributed by atoms with Crippen molar-refractivity contribution in [2.24, 2.45) is 0 Å². The molecular weight excluding hydrogens is 162 g/mol. The highest BCUT2D eigenvalue weighted by Crippen LogP contribution is 2.16. The van der Waals surface area contributed by atoms with E-state index in [0.29, 0.717) is 4.73 Å². The van der Waals surface area contributed by atoms with Crippen LogP contribution in [0.25, 0.3) is 0 Å². The maximum atomic E-state index is 11.0. The van der Waals surface area contributed by atoms with Crippen LogP contribution in [-0.4, -0.2) is 0 Å². The van der Waals surface area contributed by atoms with Gasteiger partial charge in [0.05, 0.1) is 0 Å². The van der Waals surface area contributed by atoms with E-state index in [-0.39, 0.29) is 5.15 Å². The Kier molecular flexibility index (Phi) is 2.05. The third-order valence-corrected chi connectivity index (χ3v) is 2.42. The van der Waals surface area contributed by atoms with Crippen LogP contribution < -0.4 is 4.73 Å². The minimum Gasteiger partial charge on any atom is -0.618 e. The maximum Gasteiger partial charge on any atom is 0.289 e. The summed E-state index contributed by atoms with van der Waals surface area (Å²) in [7, 11) is 0. The van der Waals surface area contributed by atoms with E-state index in [4.69, 9.17) is 11.6 Å². The third-order valence-electron chi connectivity index (χ3n) is 1.97. The molecule has 11 heavy (non-hydrogen) atoms. The second kappa shape index (κ2) is 2.70. The van der Waals surface area contributed by atoms with Gasteiger partial charge in [0.2, 0.25) is 0 Å². The number of hydrogen-bond donors (Lipinski definition) is 0. The Hall–Kier alpha value is -0.760. The van der Waals surface area contributed by atoms with Crippen molar-refractivity contribution in [3.05, 3.63) is 33.2 Å². The van der Waals surface area contributed by atoms with Gasteiger partial charge in [0, 0.05) is 11.1 Å². The van der Waals surface area contributed by atoms with Crippen LogP contribution in [0.5, 0.6) is 0 Å². The molecule has 1 aromatic heterocycles. The molecule has 0 aliphatic rings.